The second kappa shape index (κ2) is 5.69. The lowest BCUT2D eigenvalue weighted by Gasteiger charge is -2.13. The standard InChI is InChI=1S/C9H5Cl2F2NO3S/c10-3-5-1-2-6(4-14)8(18(11,15)16)7(5)17-9(12)13/h1-2,9H,3H2. The summed E-state index contributed by atoms with van der Waals surface area (Å²) in [5.41, 5.74) is -0.398. The summed E-state index contributed by atoms with van der Waals surface area (Å²) in [5.74, 6) is -0.971. The molecular formula is C9H5Cl2F2NO3S. The van der Waals surface area contributed by atoms with Crippen molar-refractivity contribution < 1.29 is 21.9 Å². The second-order valence-corrected chi connectivity index (χ2v) is 5.76. The van der Waals surface area contributed by atoms with Crippen molar-refractivity contribution in [2.75, 3.05) is 0 Å². The third kappa shape index (κ3) is 3.22. The van der Waals surface area contributed by atoms with Gasteiger partial charge in [-0.25, -0.2) is 8.42 Å². The molecule has 0 N–H and O–H groups in total. The molecule has 98 valence electrons. The molecule has 0 bridgehead atoms. The lowest BCUT2D eigenvalue weighted by Crippen LogP contribution is -2.09. The highest BCUT2D eigenvalue weighted by molar-refractivity contribution is 8.13. The first-order valence-electron chi connectivity index (χ1n) is 4.32. The van der Waals surface area contributed by atoms with Crippen molar-refractivity contribution in [2.45, 2.75) is 17.4 Å². The fourth-order valence-electron chi connectivity index (χ4n) is 1.26. The Morgan fingerprint density at radius 3 is 2.44 bits per heavy atom. The van der Waals surface area contributed by atoms with Gasteiger partial charge in [-0.2, -0.15) is 14.0 Å². The summed E-state index contributed by atoms with van der Waals surface area (Å²) in [7, 11) is 0.691. The van der Waals surface area contributed by atoms with E-state index in [4.69, 9.17) is 27.5 Å². The van der Waals surface area contributed by atoms with E-state index in [2.05, 4.69) is 4.74 Å². The Balaban J connectivity index is 3.66. The Kier molecular flexibility index (Phi) is 4.73. The maximum atomic E-state index is 12.3. The van der Waals surface area contributed by atoms with E-state index in [0.717, 1.165) is 6.07 Å². The number of benzene rings is 1. The average Bonchev–Trinajstić information content (AvgIpc) is 2.25. The number of halogens is 4. The molecule has 18 heavy (non-hydrogen) atoms. The molecule has 0 saturated heterocycles. The first kappa shape index (κ1) is 15.0. The number of rotatable bonds is 4. The van der Waals surface area contributed by atoms with E-state index in [1.165, 1.54) is 12.1 Å². The van der Waals surface area contributed by atoms with Crippen LogP contribution in [-0.4, -0.2) is 15.0 Å². The second-order valence-electron chi connectivity index (χ2n) is 2.99. The molecule has 0 unspecified atom stereocenters. The van der Waals surface area contributed by atoms with Gasteiger partial charge in [-0.1, -0.05) is 6.07 Å². The monoisotopic (exact) mass is 315 g/mol. The predicted molar refractivity (Wildman–Crippen MR) is 60.4 cm³/mol. The molecule has 0 radical (unpaired) electrons. The van der Waals surface area contributed by atoms with Gasteiger partial charge in [0.1, 0.15) is 11.0 Å². The van der Waals surface area contributed by atoms with Gasteiger partial charge < -0.3 is 4.74 Å². The SMILES string of the molecule is N#Cc1ccc(CCl)c(OC(F)F)c1S(=O)(=O)Cl. The van der Waals surface area contributed by atoms with E-state index in [1.807, 2.05) is 0 Å². The number of ether oxygens (including phenoxy) is 1. The summed E-state index contributed by atoms with van der Waals surface area (Å²) >= 11 is 5.49. The van der Waals surface area contributed by atoms with E-state index in [9.17, 15) is 17.2 Å². The molecule has 4 nitrogen and oxygen atoms in total. The van der Waals surface area contributed by atoms with Gasteiger partial charge in [-0.3, -0.25) is 0 Å². The zero-order chi connectivity index (χ0) is 13.9. The quantitative estimate of drug-likeness (QED) is 0.633. The minimum Gasteiger partial charge on any atom is -0.433 e. The fraction of sp³-hybridized carbons (Fsp3) is 0.222. The van der Waals surface area contributed by atoms with Crippen LogP contribution in [0.15, 0.2) is 17.0 Å². The Bertz CT molecular complexity index is 599. The van der Waals surface area contributed by atoms with E-state index in [-0.39, 0.29) is 11.4 Å². The molecular weight excluding hydrogens is 311 g/mol. The number of alkyl halides is 3. The van der Waals surface area contributed by atoms with Crippen LogP contribution in [-0.2, 0) is 14.9 Å². The van der Waals surface area contributed by atoms with Crippen LogP contribution in [0.3, 0.4) is 0 Å². The highest BCUT2D eigenvalue weighted by Gasteiger charge is 2.26. The summed E-state index contributed by atoms with van der Waals surface area (Å²) < 4.78 is 51.3. The van der Waals surface area contributed by atoms with Crippen molar-refractivity contribution in [3.8, 4) is 11.8 Å². The maximum Gasteiger partial charge on any atom is 0.387 e. The van der Waals surface area contributed by atoms with E-state index in [0.29, 0.717) is 0 Å². The van der Waals surface area contributed by atoms with Crippen LogP contribution in [0.1, 0.15) is 11.1 Å². The van der Waals surface area contributed by atoms with Crippen molar-refractivity contribution >= 4 is 31.3 Å². The third-order valence-electron chi connectivity index (χ3n) is 1.91. The smallest absolute Gasteiger partial charge is 0.387 e. The maximum absolute atomic E-state index is 12.3. The molecule has 0 fully saturated rings. The molecule has 0 spiro atoms. The molecule has 1 aromatic rings. The van der Waals surface area contributed by atoms with Crippen molar-refractivity contribution in [3.05, 3.63) is 23.3 Å². The van der Waals surface area contributed by atoms with Crippen LogP contribution < -0.4 is 4.74 Å². The third-order valence-corrected chi connectivity index (χ3v) is 3.55. The van der Waals surface area contributed by atoms with Crippen molar-refractivity contribution in [1.82, 2.24) is 0 Å². The summed E-state index contributed by atoms with van der Waals surface area (Å²) in [6.45, 7) is -3.27. The summed E-state index contributed by atoms with van der Waals surface area (Å²) in [4.78, 5) is -0.801. The fourth-order valence-corrected chi connectivity index (χ4v) is 2.70. The van der Waals surface area contributed by atoms with Crippen LogP contribution in [0.5, 0.6) is 5.75 Å². The van der Waals surface area contributed by atoms with Gasteiger partial charge in [-0.15, -0.1) is 11.6 Å². The molecule has 0 aliphatic heterocycles. The van der Waals surface area contributed by atoms with Crippen molar-refractivity contribution in [1.29, 1.82) is 5.26 Å². The van der Waals surface area contributed by atoms with Crippen molar-refractivity contribution in [3.63, 3.8) is 0 Å². The van der Waals surface area contributed by atoms with E-state index >= 15 is 0 Å². The molecule has 0 atom stereocenters. The van der Waals surface area contributed by atoms with E-state index < -0.39 is 31.9 Å². The van der Waals surface area contributed by atoms with Crippen LogP contribution in [0.25, 0.3) is 0 Å². The summed E-state index contributed by atoms with van der Waals surface area (Å²) in [6, 6.07) is 3.87. The van der Waals surface area contributed by atoms with Crippen LogP contribution in [0, 0.1) is 11.3 Å². The highest BCUT2D eigenvalue weighted by Crippen LogP contribution is 2.35. The number of nitrogens with zero attached hydrogens (tertiary/aromatic N) is 1. The summed E-state index contributed by atoms with van der Waals surface area (Å²) in [6.07, 6.45) is 0. The van der Waals surface area contributed by atoms with Gasteiger partial charge in [0, 0.05) is 16.2 Å². The molecule has 0 aliphatic rings. The number of nitriles is 1. The molecule has 1 rings (SSSR count). The first-order valence-corrected chi connectivity index (χ1v) is 7.17. The molecule has 0 saturated carbocycles. The van der Waals surface area contributed by atoms with Gasteiger partial charge >= 0.3 is 6.61 Å². The number of hydrogen-bond donors (Lipinski definition) is 0. The first-order chi connectivity index (χ1) is 8.31. The van der Waals surface area contributed by atoms with Crippen LogP contribution >= 0.6 is 22.3 Å². The average molecular weight is 316 g/mol. The molecule has 0 aromatic heterocycles. The van der Waals surface area contributed by atoms with Crippen molar-refractivity contribution in [2.24, 2.45) is 0 Å². The van der Waals surface area contributed by atoms with Gasteiger partial charge in [0.05, 0.1) is 11.4 Å². The van der Waals surface area contributed by atoms with Crippen LogP contribution in [0.4, 0.5) is 8.78 Å². The summed E-state index contributed by atoms with van der Waals surface area (Å²) in [5, 5.41) is 8.75. The Morgan fingerprint density at radius 2 is 2.06 bits per heavy atom. The molecule has 0 amide bonds. The Morgan fingerprint density at radius 1 is 1.44 bits per heavy atom. The van der Waals surface area contributed by atoms with Gasteiger partial charge in [0.15, 0.2) is 5.75 Å². The lowest BCUT2D eigenvalue weighted by atomic mass is 10.1. The topological polar surface area (TPSA) is 67.2 Å². The Hall–Kier alpha value is -1.10. The minimum atomic E-state index is -4.42. The molecule has 0 aliphatic carbocycles. The largest absolute Gasteiger partial charge is 0.433 e. The zero-order valence-electron chi connectivity index (χ0n) is 8.53. The van der Waals surface area contributed by atoms with Crippen LogP contribution in [0.2, 0.25) is 0 Å². The predicted octanol–water partition coefficient (Wildman–Crippen LogP) is 2.83. The zero-order valence-corrected chi connectivity index (χ0v) is 10.9. The Labute approximate surface area is 111 Å². The van der Waals surface area contributed by atoms with Gasteiger partial charge in [-0.05, 0) is 6.07 Å². The molecule has 1 aromatic carbocycles. The normalized spacial score (nSPS) is 11.3. The highest BCUT2D eigenvalue weighted by atomic mass is 35.7. The van der Waals surface area contributed by atoms with E-state index in [1.54, 1.807) is 0 Å². The molecule has 9 heteroatoms. The van der Waals surface area contributed by atoms with Gasteiger partial charge in [0.2, 0.25) is 0 Å². The lowest BCUT2D eigenvalue weighted by molar-refractivity contribution is -0.0522. The number of hydrogen-bond acceptors (Lipinski definition) is 4. The van der Waals surface area contributed by atoms with Gasteiger partial charge in [0.25, 0.3) is 9.05 Å². The minimum absolute atomic E-state index is 0.00445. The molecule has 0 heterocycles.